The molecular weight excluding hydrogens is 318 g/mol. The largest absolute Gasteiger partial charge is 0.327 e. The number of hydrogen-bond donors (Lipinski definition) is 2. The predicted molar refractivity (Wildman–Crippen MR) is 97.2 cm³/mol. The van der Waals surface area contributed by atoms with Crippen LogP contribution in [-0.2, 0) is 11.2 Å². The minimum atomic E-state index is -0.406. The van der Waals surface area contributed by atoms with Crippen LogP contribution in [0.25, 0.3) is 0 Å². The van der Waals surface area contributed by atoms with Gasteiger partial charge in [0.1, 0.15) is 17.8 Å². The van der Waals surface area contributed by atoms with Gasteiger partial charge in [0.25, 0.3) is 5.91 Å². The van der Waals surface area contributed by atoms with Crippen molar-refractivity contribution in [1.29, 1.82) is 5.26 Å². The third-order valence-electron chi connectivity index (χ3n) is 4.06. The zero-order chi connectivity index (χ0) is 17.1. The first-order chi connectivity index (χ1) is 11.7. The van der Waals surface area contributed by atoms with Gasteiger partial charge >= 0.3 is 0 Å². The van der Waals surface area contributed by atoms with Gasteiger partial charge in [-0.2, -0.15) is 5.26 Å². The van der Waals surface area contributed by atoms with Crippen LogP contribution in [0, 0.1) is 11.3 Å². The van der Waals surface area contributed by atoms with Crippen molar-refractivity contribution in [3.8, 4) is 6.07 Å². The van der Waals surface area contributed by atoms with E-state index in [4.69, 9.17) is 0 Å². The Morgan fingerprint density at radius 3 is 2.50 bits per heavy atom. The van der Waals surface area contributed by atoms with E-state index in [-0.39, 0.29) is 5.57 Å². The molecule has 0 aliphatic carbocycles. The SMILES string of the molecule is CCc1ccccc1N1C(S)=C(C#N)C(=O)NC1c1ccccc1. The lowest BCUT2D eigenvalue weighted by Crippen LogP contribution is -2.46. The molecule has 1 N–H and O–H groups in total. The average molecular weight is 335 g/mol. The predicted octanol–water partition coefficient (Wildman–Crippen LogP) is 3.55. The highest BCUT2D eigenvalue weighted by atomic mass is 32.1. The van der Waals surface area contributed by atoms with Crippen LogP contribution in [0.5, 0.6) is 0 Å². The molecule has 5 heteroatoms. The highest BCUT2D eigenvalue weighted by Crippen LogP contribution is 2.37. The molecule has 3 rings (SSSR count). The van der Waals surface area contributed by atoms with Crippen molar-refractivity contribution in [1.82, 2.24) is 5.32 Å². The molecule has 1 unspecified atom stereocenters. The van der Waals surface area contributed by atoms with Crippen molar-refractivity contribution in [2.24, 2.45) is 0 Å². The Balaban J connectivity index is 2.21. The van der Waals surface area contributed by atoms with Crippen LogP contribution < -0.4 is 10.2 Å². The van der Waals surface area contributed by atoms with E-state index in [2.05, 4.69) is 24.9 Å². The number of amides is 1. The van der Waals surface area contributed by atoms with Crippen LogP contribution in [0.1, 0.15) is 24.2 Å². The minimum absolute atomic E-state index is 0.0245. The average Bonchev–Trinajstić information content (AvgIpc) is 2.62. The second kappa shape index (κ2) is 6.81. The molecule has 1 aliphatic rings. The van der Waals surface area contributed by atoms with Gasteiger partial charge in [-0.1, -0.05) is 55.5 Å². The van der Waals surface area contributed by atoms with Crippen molar-refractivity contribution >= 4 is 24.2 Å². The molecule has 1 aliphatic heterocycles. The van der Waals surface area contributed by atoms with Crippen LogP contribution >= 0.6 is 12.6 Å². The van der Waals surface area contributed by atoms with Crippen LogP contribution in [0.4, 0.5) is 5.69 Å². The van der Waals surface area contributed by atoms with E-state index in [1.807, 2.05) is 65.6 Å². The summed E-state index contributed by atoms with van der Waals surface area (Å²) in [4.78, 5) is 14.2. The number of nitriles is 1. The first-order valence-electron chi connectivity index (χ1n) is 7.73. The highest BCUT2D eigenvalue weighted by molar-refractivity contribution is 7.84. The Morgan fingerprint density at radius 2 is 1.83 bits per heavy atom. The summed E-state index contributed by atoms with van der Waals surface area (Å²) in [5.74, 6) is -0.401. The molecule has 1 amide bonds. The summed E-state index contributed by atoms with van der Waals surface area (Å²) >= 11 is 4.52. The number of hydrogen-bond acceptors (Lipinski definition) is 4. The summed E-state index contributed by atoms with van der Waals surface area (Å²) in [6.07, 6.45) is 0.432. The molecule has 0 saturated carbocycles. The molecular formula is C19H17N3OS. The maximum atomic E-state index is 12.3. The van der Waals surface area contributed by atoms with Crippen LogP contribution in [-0.4, -0.2) is 5.91 Å². The standard InChI is InChI=1S/C19H17N3OS/c1-2-13-8-6-7-11-16(13)22-17(14-9-4-3-5-10-14)21-18(23)15(12-20)19(22)24/h3-11,17,24H,2H2,1H3,(H,21,23). The monoisotopic (exact) mass is 335 g/mol. The molecule has 0 bridgehead atoms. The maximum Gasteiger partial charge on any atom is 0.266 e. The number of benzene rings is 2. The van der Waals surface area contributed by atoms with Gasteiger partial charge in [-0.15, -0.1) is 12.6 Å². The summed E-state index contributed by atoms with van der Waals surface area (Å²) in [6, 6.07) is 19.6. The summed E-state index contributed by atoms with van der Waals surface area (Å²) < 4.78 is 0. The zero-order valence-electron chi connectivity index (χ0n) is 13.2. The van der Waals surface area contributed by atoms with Crippen LogP contribution in [0.15, 0.2) is 65.2 Å². The number of nitrogens with zero attached hydrogens (tertiary/aromatic N) is 2. The molecule has 1 atom stereocenters. The molecule has 0 fully saturated rings. The van der Waals surface area contributed by atoms with Crippen LogP contribution in [0.3, 0.4) is 0 Å². The Labute approximate surface area is 146 Å². The van der Waals surface area contributed by atoms with E-state index in [0.717, 1.165) is 23.2 Å². The van der Waals surface area contributed by atoms with Crippen molar-refractivity contribution in [2.45, 2.75) is 19.5 Å². The van der Waals surface area contributed by atoms with Gasteiger partial charge in [-0.3, -0.25) is 4.79 Å². The molecule has 0 saturated heterocycles. The zero-order valence-corrected chi connectivity index (χ0v) is 14.1. The third kappa shape index (κ3) is 2.77. The molecule has 2 aromatic rings. The van der Waals surface area contributed by atoms with Gasteiger partial charge in [0.15, 0.2) is 0 Å². The van der Waals surface area contributed by atoms with E-state index in [0.29, 0.717) is 5.03 Å². The maximum absolute atomic E-state index is 12.3. The third-order valence-corrected chi connectivity index (χ3v) is 4.50. The van der Waals surface area contributed by atoms with Crippen molar-refractivity contribution < 1.29 is 4.79 Å². The highest BCUT2D eigenvalue weighted by Gasteiger charge is 2.34. The number of anilines is 1. The molecule has 2 aromatic carbocycles. The Hall–Kier alpha value is -2.71. The minimum Gasteiger partial charge on any atom is -0.327 e. The molecule has 1 heterocycles. The van der Waals surface area contributed by atoms with Crippen LogP contribution in [0.2, 0.25) is 0 Å². The lowest BCUT2D eigenvalue weighted by Gasteiger charge is -2.39. The van der Waals surface area contributed by atoms with Crippen molar-refractivity contribution in [3.63, 3.8) is 0 Å². The van der Waals surface area contributed by atoms with E-state index < -0.39 is 12.1 Å². The number of nitrogens with one attached hydrogen (secondary N) is 1. The first kappa shape index (κ1) is 16.2. The summed E-state index contributed by atoms with van der Waals surface area (Å²) in [5, 5.41) is 12.6. The number of carbonyl (C=O) groups excluding carboxylic acids is 1. The molecule has 120 valence electrons. The number of thiol groups is 1. The van der Waals surface area contributed by atoms with Gasteiger partial charge in [0, 0.05) is 5.69 Å². The summed E-state index contributed by atoms with van der Waals surface area (Å²) in [6.45, 7) is 2.08. The summed E-state index contributed by atoms with van der Waals surface area (Å²) in [7, 11) is 0. The molecule has 4 nitrogen and oxygen atoms in total. The van der Waals surface area contributed by atoms with Gasteiger partial charge in [0.2, 0.25) is 0 Å². The lowest BCUT2D eigenvalue weighted by atomic mass is 10.0. The van der Waals surface area contributed by atoms with Gasteiger partial charge in [0.05, 0.1) is 5.03 Å². The Kier molecular flexibility index (Phi) is 4.59. The quantitative estimate of drug-likeness (QED) is 0.844. The number of para-hydroxylation sites is 1. The fourth-order valence-corrected chi connectivity index (χ4v) is 3.25. The molecule has 24 heavy (non-hydrogen) atoms. The summed E-state index contributed by atoms with van der Waals surface area (Å²) in [5.41, 5.74) is 3.02. The Bertz CT molecular complexity index is 839. The normalized spacial score (nSPS) is 17.5. The smallest absolute Gasteiger partial charge is 0.266 e. The lowest BCUT2D eigenvalue weighted by molar-refractivity contribution is -0.118. The van der Waals surface area contributed by atoms with E-state index in [9.17, 15) is 10.1 Å². The van der Waals surface area contributed by atoms with E-state index in [1.165, 1.54) is 0 Å². The van der Waals surface area contributed by atoms with Gasteiger partial charge in [-0.05, 0) is 23.6 Å². The second-order valence-electron chi connectivity index (χ2n) is 5.45. The second-order valence-corrected chi connectivity index (χ2v) is 5.87. The number of rotatable bonds is 3. The topological polar surface area (TPSA) is 56.1 Å². The van der Waals surface area contributed by atoms with Gasteiger partial charge < -0.3 is 10.2 Å². The fraction of sp³-hybridized carbons (Fsp3) is 0.158. The molecule has 0 spiro atoms. The number of aryl methyl sites for hydroxylation is 1. The Morgan fingerprint density at radius 1 is 1.17 bits per heavy atom. The molecule has 0 aromatic heterocycles. The van der Waals surface area contributed by atoms with E-state index >= 15 is 0 Å². The molecule has 0 radical (unpaired) electrons. The van der Waals surface area contributed by atoms with Crippen molar-refractivity contribution in [2.75, 3.05) is 4.90 Å². The fourth-order valence-electron chi connectivity index (χ4n) is 2.87. The van der Waals surface area contributed by atoms with E-state index in [1.54, 1.807) is 0 Å². The van der Waals surface area contributed by atoms with Gasteiger partial charge in [-0.25, -0.2) is 0 Å². The van der Waals surface area contributed by atoms with Crippen molar-refractivity contribution in [3.05, 3.63) is 76.3 Å². The number of carbonyl (C=O) groups is 1. The first-order valence-corrected chi connectivity index (χ1v) is 8.18.